The van der Waals surface area contributed by atoms with Crippen LogP contribution in [-0.2, 0) is 11.2 Å². The first-order valence-corrected chi connectivity index (χ1v) is 7.65. The minimum absolute atomic E-state index is 0.111. The zero-order chi connectivity index (χ0) is 15.0. The fourth-order valence-electron chi connectivity index (χ4n) is 3.52. The number of hydrogen-bond acceptors (Lipinski definition) is 3. The van der Waals surface area contributed by atoms with E-state index >= 15 is 0 Å². The summed E-state index contributed by atoms with van der Waals surface area (Å²) in [4.78, 5) is 24.8. The summed E-state index contributed by atoms with van der Waals surface area (Å²) in [5, 5.41) is 10.9. The lowest BCUT2D eigenvalue weighted by Gasteiger charge is -2.39. The largest absolute Gasteiger partial charge is 0.309 e. The summed E-state index contributed by atoms with van der Waals surface area (Å²) in [6, 6.07) is 5.15. The maximum Gasteiger partial charge on any atom is 0.269 e. The maximum atomic E-state index is 12.3. The van der Waals surface area contributed by atoms with Gasteiger partial charge in [0.15, 0.2) is 0 Å². The smallest absolute Gasteiger partial charge is 0.269 e. The third kappa shape index (κ3) is 2.64. The fourth-order valence-corrected chi connectivity index (χ4v) is 3.52. The maximum absolute atomic E-state index is 12.3. The number of carbonyl (C=O) groups is 1. The molecule has 1 aromatic carbocycles. The van der Waals surface area contributed by atoms with E-state index in [9.17, 15) is 14.9 Å². The number of nitro groups is 1. The number of fused-ring (bicyclic) bond motifs is 1. The number of carbonyl (C=O) groups excluding carboxylic acids is 1. The fraction of sp³-hybridized carbons (Fsp3) is 0.562. The molecule has 5 nitrogen and oxygen atoms in total. The number of rotatable bonds is 2. The Kier molecular flexibility index (Phi) is 3.66. The average molecular weight is 288 g/mol. The van der Waals surface area contributed by atoms with Crippen LogP contribution >= 0.6 is 0 Å². The molecule has 0 radical (unpaired) electrons. The van der Waals surface area contributed by atoms with E-state index in [4.69, 9.17) is 0 Å². The molecule has 0 N–H and O–H groups in total. The highest BCUT2D eigenvalue weighted by Crippen LogP contribution is 2.36. The highest BCUT2D eigenvalue weighted by atomic mass is 16.6. The number of nitrogens with zero attached hydrogens (tertiary/aromatic N) is 2. The minimum Gasteiger partial charge on any atom is -0.309 e. The van der Waals surface area contributed by atoms with Gasteiger partial charge in [0.25, 0.3) is 5.69 Å². The van der Waals surface area contributed by atoms with Gasteiger partial charge < -0.3 is 4.90 Å². The Morgan fingerprint density at radius 3 is 2.57 bits per heavy atom. The molecule has 1 aliphatic carbocycles. The van der Waals surface area contributed by atoms with Crippen molar-refractivity contribution in [3.8, 4) is 0 Å². The van der Waals surface area contributed by atoms with E-state index in [2.05, 4.69) is 6.92 Å². The van der Waals surface area contributed by atoms with Crippen molar-refractivity contribution < 1.29 is 9.72 Å². The summed E-state index contributed by atoms with van der Waals surface area (Å²) in [5.41, 5.74) is 1.93. The summed E-state index contributed by atoms with van der Waals surface area (Å²) in [6.45, 7) is 2.26. The number of amides is 1. The number of hydrogen-bond donors (Lipinski definition) is 0. The van der Waals surface area contributed by atoms with Gasteiger partial charge in [-0.05, 0) is 49.7 Å². The number of non-ortho nitro benzene ring substituents is 1. The second-order valence-electron chi connectivity index (χ2n) is 6.25. The molecule has 0 aromatic heterocycles. The third-order valence-electron chi connectivity index (χ3n) is 4.76. The quantitative estimate of drug-likeness (QED) is 0.618. The molecule has 0 saturated heterocycles. The van der Waals surface area contributed by atoms with Gasteiger partial charge in [0.05, 0.1) is 4.92 Å². The van der Waals surface area contributed by atoms with E-state index in [1.165, 1.54) is 6.07 Å². The molecule has 1 amide bonds. The highest BCUT2D eigenvalue weighted by Gasteiger charge is 2.33. The summed E-state index contributed by atoms with van der Waals surface area (Å²) in [7, 11) is 0. The topological polar surface area (TPSA) is 63.5 Å². The van der Waals surface area contributed by atoms with Crippen LogP contribution in [0.4, 0.5) is 11.4 Å². The molecule has 0 atom stereocenters. The molecule has 1 saturated carbocycles. The standard InChI is InChI=1S/C16H20N2O3/c1-11-2-5-13(6-3-11)17-15-8-7-14(18(20)21)10-12(15)4-9-16(17)19/h7-8,10-11,13H,2-6,9H2,1H3. The number of nitro benzene ring substituents is 1. The Bertz CT molecular complexity index is 577. The first kappa shape index (κ1) is 14.0. The molecule has 5 heteroatoms. The van der Waals surface area contributed by atoms with Crippen LogP contribution in [-0.4, -0.2) is 16.9 Å². The zero-order valence-corrected chi connectivity index (χ0v) is 12.2. The Morgan fingerprint density at radius 1 is 1.19 bits per heavy atom. The van der Waals surface area contributed by atoms with Crippen LogP contribution in [0, 0.1) is 16.0 Å². The van der Waals surface area contributed by atoms with E-state index in [0.29, 0.717) is 12.8 Å². The lowest BCUT2D eigenvalue weighted by molar-refractivity contribution is -0.384. The van der Waals surface area contributed by atoms with Gasteiger partial charge in [-0.15, -0.1) is 0 Å². The van der Waals surface area contributed by atoms with Crippen LogP contribution in [0.1, 0.15) is 44.6 Å². The van der Waals surface area contributed by atoms with Crippen molar-refractivity contribution in [2.45, 2.75) is 51.5 Å². The van der Waals surface area contributed by atoms with Crippen molar-refractivity contribution in [1.29, 1.82) is 0 Å². The zero-order valence-electron chi connectivity index (χ0n) is 12.2. The van der Waals surface area contributed by atoms with Crippen LogP contribution in [0.3, 0.4) is 0 Å². The Hall–Kier alpha value is -1.91. The van der Waals surface area contributed by atoms with Crippen LogP contribution in [0.5, 0.6) is 0 Å². The van der Waals surface area contributed by atoms with Crippen molar-refractivity contribution in [3.05, 3.63) is 33.9 Å². The molecule has 0 spiro atoms. The lowest BCUT2D eigenvalue weighted by atomic mass is 9.85. The average Bonchev–Trinajstić information content (AvgIpc) is 2.48. The molecule has 0 bridgehead atoms. The van der Waals surface area contributed by atoms with Gasteiger partial charge in [-0.2, -0.15) is 0 Å². The Morgan fingerprint density at radius 2 is 1.90 bits per heavy atom. The van der Waals surface area contributed by atoms with E-state index in [1.807, 2.05) is 4.90 Å². The van der Waals surface area contributed by atoms with Crippen molar-refractivity contribution >= 4 is 17.3 Å². The molecule has 2 aliphatic rings. The van der Waals surface area contributed by atoms with Crippen LogP contribution in [0.25, 0.3) is 0 Å². The van der Waals surface area contributed by atoms with Crippen molar-refractivity contribution in [3.63, 3.8) is 0 Å². The molecular weight excluding hydrogens is 268 g/mol. The molecule has 112 valence electrons. The third-order valence-corrected chi connectivity index (χ3v) is 4.76. The Balaban J connectivity index is 1.92. The van der Waals surface area contributed by atoms with Crippen LogP contribution in [0.15, 0.2) is 18.2 Å². The number of anilines is 1. The summed E-state index contributed by atoms with van der Waals surface area (Å²) in [5.74, 6) is 0.897. The molecule has 0 unspecified atom stereocenters. The van der Waals surface area contributed by atoms with Crippen molar-refractivity contribution in [2.24, 2.45) is 5.92 Å². The van der Waals surface area contributed by atoms with Crippen molar-refractivity contribution in [1.82, 2.24) is 0 Å². The van der Waals surface area contributed by atoms with Gasteiger partial charge >= 0.3 is 0 Å². The van der Waals surface area contributed by atoms with Gasteiger partial charge in [0, 0.05) is 30.3 Å². The van der Waals surface area contributed by atoms with Gasteiger partial charge in [0.1, 0.15) is 0 Å². The molecular formula is C16H20N2O3. The van der Waals surface area contributed by atoms with Crippen LogP contribution < -0.4 is 4.90 Å². The monoisotopic (exact) mass is 288 g/mol. The number of benzene rings is 1. The van der Waals surface area contributed by atoms with E-state index < -0.39 is 0 Å². The van der Waals surface area contributed by atoms with Crippen molar-refractivity contribution in [2.75, 3.05) is 4.90 Å². The van der Waals surface area contributed by atoms with E-state index in [0.717, 1.165) is 42.9 Å². The Labute approximate surface area is 124 Å². The predicted octanol–water partition coefficient (Wildman–Crippen LogP) is 3.45. The van der Waals surface area contributed by atoms with Gasteiger partial charge in [0.2, 0.25) is 5.91 Å². The molecule has 3 rings (SSSR count). The second-order valence-corrected chi connectivity index (χ2v) is 6.25. The molecule has 1 aromatic rings. The SMILES string of the molecule is CC1CCC(N2C(=O)CCc3cc([N+](=O)[O-])ccc32)CC1. The van der Waals surface area contributed by atoms with Gasteiger partial charge in [-0.25, -0.2) is 0 Å². The molecule has 1 fully saturated rings. The number of aryl methyl sites for hydroxylation is 1. The minimum atomic E-state index is -0.372. The summed E-state index contributed by atoms with van der Waals surface area (Å²) in [6.07, 6.45) is 5.43. The normalized spacial score (nSPS) is 25.6. The second kappa shape index (κ2) is 5.47. The van der Waals surface area contributed by atoms with Gasteiger partial charge in [-0.3, -0.25) is 14.9 Å². The lowest BCUT2D eigenvalue weighted by Crippen LogP contribution is -2.44. The predicted molar refractivity (Wildman–Crippen MR) is 80.3 cm³/mol. The van der Waals surface area contributed by atoms with E-state index in [-0.39, 0.29) is 22.6 Å². The summed E-state index contributed by atoms with van der Waals surface area (Å²) < 4.78 is 0. The highest BCUT2D eigenvalue weighted by molar-refractivity contribution is 5.97. The summed E-state index contributed by atoms with van der Waals surface area (Å²) >= 11 is 0. The first-order chi connectivity index (χ1) is 10.1. The molecule has 21 heavy (non-hydrogen) atoms. The first-order valence-electron chi connectivity index (χ1n) is 7.65. The van der Waals surface area contributed by atoms with E-state index in [1.54, 1.807) is 12.1 Å². The van der Waals surface area contributed by atoms with Crippen LogP contribution in [0.2, 0.25) is 0 Å². The molecule has 1 heterocycles. The van der Waals surface area contributed by atoms with Gasteiger partial charge in [-0.1, -0.05) is 6.92 Å². The molecule has 1 aliphatic heterocycles.